The molecule has 0 unspecified atom stereocenters. The molecule has 1 aliphatic rings. The molecule has 0 saturated carbocycles. The van der Waals surface area contributed by atoms with Crippen molar-refractivity contribution in [1.29, 1.82) is 4.78 Å². The van der Waals surface area contributed by atoms with Crippen molar-refractivity contribution in [3.63, 3.8) is 0 Å². The summed E-state index contributed by atoms with van der Waals surface area (Å²) in [6.45, 7) is 4.25. The molecule has 0 radical (unpaired) electrons. The van der Waals surface area contributed by atoms with Crippen LogP contribution in [-0.4, -0.2) is 15.7 Å². The molecule has 0 amide bonds. The Kier molecular flexibility index (Phi) is 1.55. The maximum absolute atomic E-state index is 10.8. The molecule has 0 aromatic carbocycles. The van der Waals surface area contributed by atoms with Crippen molar-refractivity contribution in [1.82, 2.24) is 0 Å². The molecule has 0 atom stereocenters. The highest BCUT2D eigenvalue weighted by Crippen LogP contribution is 2.25. The van der Waals surface area contributed by atoms with Crippen LogP contribution in [0, 0.1) is 16.6 Å². The molecule has 9 heavy (non-hydrogen) atoms. The summed E-state index contributed by atoms with van der Waals surface area (Å²) in [6.07, 6.45) is 0. The SMILES string of the molecule is CC(C)C1CS(=N)(=O)C1. The minimum absolute atomic E-state index is 0.565. The first kappa shape index (κ1) is 7.06. The van der Waals surface area contributed by atoms with Crippen molar-refractivity contribution in [3.8, 4) is 0 Å². The summed E-state index contributed by atoms with van der Waals surface area (Å²) in [5, 5.41) is 0. The molecule has 0 aromatic rings. The fraction of sp³-hybridized carbons (Fsp3) is 1.00. The van der Waals surface area contributed by atoms with Crippen LogP contribution in [0.3, 0.4) is 0 Å². The summed E-state index contributed by atoms with van der Waals surface area (Å²) in [5.41, 5.74) is 0. The van der Waals surface area contributed by atoms with Gasteiger partial charge < -0.3 is 0 Å². The van der Waals surface area contributed by atoms with Crippen LogP contribution in [0.1, 0.15) is 13.8 Å². The first-order valence-electron chi connectivity index (χ1n) is 3.25. The lowest BCUT2D eigenvalue weighted by Gasteiger charge is -2.31. The second-order valence-corrected chi connectivity index (χ2v) is 5.44. The minimum Gasteiger partial charge on any atom is -0.253 e. The lowest BCUT2D eigenvalue weighted by atomic mass is 10.00. The van der Waals surface area contributed by atoms with Gasteiger partial charge in [-0.3, -0.25) is 4.78 Å². The molecule has 54 valence electrons. The molecular weight excluding hydrogens is 134 g/mol. The van der Waals surface area contributed by atoms with Gasteiger partial charge in [0.1, 0.15) is 0 Å². The highest BCUT2D eigenvalue weighted by molar-refractivity contribution is 7.93. The number of hydrogen-bond donors (Lipinski definition) is 1. The molecule has 0 bridgehead atoms. The van der Waals surface area contributed by atoms with Crippen molar-refractivity contribution >= 4 is 9.73 Å². The van der Waals surface area contributed by atoms with E-state index in [1.807, 2.05) is 0 Å². The van der Waals surface area contributed by atoms with E-state index in [1.165, 1.54) is 0 Å². The smallest absolute Gasteiger partial charge is 0.0447 e. The second kappa shape index (κ2) is 1.97. The van der Waals surface area contributed by atoms with E-state index in [4.69, 9.17) is 4.78 Å². The summed E-state index contributed by atoms with van der Waals surface area (Å²) in [6, 6.07) is 0. The fourth-order valence-electron chi connectivity index (χ4n) is 1.03. The molecule has 0 aliphatic carbocycles. The van der Waals surface area contributed by atoms with Gasteiger partial charge in [-0.25, -0.2) is 4.21 Å². The molecule has 1 saturated heterocycles. The van der Waals surface area contributed by atoms with Crippen LogP contribution in [0.4, 0.5) is 0 Å². The van der Waals surface area contributed by atoms with Crippen LogP contribution < -0.4 is 0 Å². The molecule has 2 nitrogen and oxygen atoms in total. The average molecular weight is 147 g/mol. The summed E-state index contributed by atoms with van der Waals surface area (Å²) in [5.74, 6) is 2.47. The Bertz CT molecular complexity index is 181. The predicted octanol–water partition coefficient (Wildman–Crippen LogP) is 1.32. The Hall–Kier alpha value is -0.0500. The van der Waals surface area contributed by atoms with Gasteiger partial charge in [0.05, 0.1) is 0 Å². The third-order valence-corrected chi connectivity index (χ3v) is 3.84. The molecular formula is C6H13NOS. The van der Waals surface area contributed by atoms with Gasteiger partial charge in [-0.2, -0.15) is 0 Å². The molecule has 3 heteroatoms. The number of nitrogens with one attached hydrogen (secondary N) is 1. The lowest BCUT2D eigenvalue weighted by Crippen LogP contribution is -2.38. The zero-order chi connectivity index (χ0) is 7.07. The van der Waals surface area contributed by atoms with E-state index in [9.17, 15) is 4.21 Å². The van der Waals surface area contributed by atoms with Gasteiger partial charge in [0.15, 0.2) is 0 Å². The zero-order valence-electron chi connectivity index (χ0n) is 5.89. The molecule has 1 heterocycles. The third-order valence-electron chi connectivity index (χ3n) is 1.91. The van der Waals surface area contributed by atoms with Gasteiger partial charge in [0.2, 0.25) is 0 Å². The monoisotopic (exact) mass is 147 g/mol. The van der Waals surface area contributed by atoms with Crippen LogP contribution in [0.15, 0.2) is 0 Å². The van der Waals surface area contributed by atoms with Gasteiger partial charge in [-0.15, -0.1) is 0 Å². The molecule has 1 aliphatic heterocycles. The highest BCUT2D eigenvalue weighted by atomic mass is 32.2. The number of hydrogen-bond acceptors (Lipinski definition) is 2. The summed E-state index contributed by atoms with van der Waals surface area (Å²) in [7, 11) is -2.08. The molecule has 1 N–H and O–H groups in total. The van der Waals surface area contributed by atoms with Gasteiger partial charge >= 0.3 is 0 Å². The van der Waals surface area contributed by atoms with E-state index in [-0.39, 0.29) is 0 Å². The summed E-state index contributed by atoms with van der Waals surface area (Å²) < 4.78 is 17.9. The maximum Gasteiger partial charge on any atom is 0.0447 e. The second-order valence-electron chi connectivity index (χ2n) is 3.15. The van der Waals surface area contributed by atoms with Gasteiger partial charge in [0, 0.05) is 21.2 Å². The van der Waals surface area contributed by atoms with Gasteiger partial charge in [-0.1, -0.05) is 13.8 Å². The van der Waals surface area contributed by atoms with Crippen LogP contribution in [0.2, 0.25) is 0 Å². The standard InChI is InChI=1S/C6H13NOS/c1-5(2)6-3-9(7,8)4-6/h5-7H,3-4H2,1-2H3. The van der Waals surface area contributed by atoms with Gasteiger partial charge in [0.25, 0.3) is 0 Å². The average Bonchev–Trinajstić information content (AvgIpc) is 1.59. The first-order valence-corrected chi connectivity index (χ1v) is 5.15. The topological polar surface area (TPSA) is 40.9 Å². The van der Waals surface area contributed by atoms with Crippen LogP contribution >= 0.6 is 0 Å². The van der Waals surface area contributed by atoms with Crippen molar-refractivity contribution in [2.75, 3.05) is 11.5 Å². The Labute approximate surface area is 56.6 Å². The Morgan fingerprint density at radius 3 is 2.11 bits per heavy atom. The summed E-state index contributed by atoms with van der Waals surface area (Å²) >= 11 is 0. The molecule has 0 aromatic heterocycles. The lowest BCUT2D eigenvalue weighted by molar-refractivity contribution is 0.433. The maximum atomic E-state index is 10.8. The van der Waals surface area contributed by atoms with E-state index in [0.717, 1.165) is 0 Å². The Morgan fingerprint density at radius 2 is 2.00 bits per heavy atom. The summed E-state index contributed by atoms with van der Waals surface area (Å²) in [4.78, 5) is 0. The van der Waals surface area contributed by atoms with Crippen molar-refractivity contribution in [2.24, 2.45) is 11.8 Å². The van der Waals surface area contributed by atoms with E-state index >= 15 is 0 Å². The molecule has 0 spiro atoms. The van der Waals surface area contributed by atoms with Crippen molar-refractivity contribution < 1.29 is 4.21 Å². The van der Waals surface area contributed by atoms with E-state index in [0.29, 0.717) is 23.3 Å². The Morgan fingerprint density at radius 1 is 1.56 bits per heavy atom. The highest BCUT2D eigenvalue weighted by Gasteiger charge is 2.31. The molecule has 1 fully saturated rings. The molecule has 1 rings (SSSR count). The quantitative estimate of drug-likeness (QED) is 0.597. The van der Waals surface area contributed by atoms with E-state index < -0.39 is 9.73 Å². The van der Waals surface area contributed by atoms with E-state index in [1.54, 1.807) is 0 Å². The van der Waals surface area contributed by atoms with Gasteiger partial charge in [-0.05, 0) is 11.8 Å². The predicted molar refractivity (Wildman–Crippen MR) is 38.9 cm³/mol. The minimum atomic E-state index is -2.08. The zero-order valence-corrected chi connectivity index (χ0v) is 6.70. The van der Waals surface area contributed by atoms with Crippen LogP contribution in [0.25, 0.3) is 0 Å². The van der Waals surface area contributed by atoms with Crippen LogP contribution in [-0.2, 0) is 9.73 Å². The van der Waals surface area contributed by atoms with Crippen molar-refractivity contribution in [2.45, 2.75) is 13.8 Å². The number of rotatable bonds is 1. The third kappa shape index (κ3) is 1.45. The van der Waals surface area contributed by atoms with E-state index in [2.05, 4.69) is 13.8 Å². The first-order chi connectivity index (χ1) is 4.01. The largest absolute Gasteiger partial charge is 0.253 e. The normalized spacial score (nSPS) is 42.8. The Balaban J connectivity index is 2.45. The van der Waals surface area contributed by atoms with Crippen LogP contribution in [0.5, 0.6) is 0 Å². The van der Waals surface area contributed by atoms with Crippen molar-refractivity contribution in [3.05, 3.63) is 0 Å². The fourth-order valence-corrected chi connectivity index (χ4v) is 3.08.